The van der Waals surface area contributed by atoms with Crippen LogP contribution in [0.5, 0.6) is 0 Å². The number of nitrogens with zero attached hydrogens (tertiary/aromatic N) is 4. The van der Waals surface area contributed by atoms with Crippen LogP contribution in [-0.4, -0.2) is 44.2 Å². The smallest absolute Gasteiger partial charge is 0.338 e. The van der Waals surface area contributed by atoms with Gasteiger partial charge in [0.05, 0.1) is 11.3 Å². The predicted molar refractivity (Wildman–Crippen MR) is 93.7 cm³/mol. The average Bonchev–Trinajstić information content (AvgIpc) is 3.07. The zero-order valence-electron chi connectivity index (χ0n) is 14.8. The van der Waals surface area contributed by atoms with E-state index in [1.807, 2.05) is 0 Å². The molecule has 0 radical (unpaired) electrons. The monoisotopic (exact) mass is 357 g/mol. The molecule has 0 unspecified atom stereocenters. The van der Waals surface area contributed by atoms with Crippen LogP contribution in [0.1, 0.15) is 55.8 Å². The maximum atomic E-state index is 12.3. The molecule has 8 heteroatoms. The number of esters is 1. The lowest BCUT2D eigenvalue weighted by Gasteiger charge is -2.19. The molecule has 0 saturated heterocycles. The number of hydrogen-bond acceptors (Lipinski definition) is 6. The molecular weight excluding hydrogens is 334 g/mol. The first kappa shape index (κ1) is 18.0. The fourth-order valence-electron chi connectivity index (χ4n) is 3.05. The van der Waals surface area contributed by atoms with Crippen molar-refractivity contribution in [1.82, 2.24) is 25.5 Å². The van der Waals surface area contributed by atoms with Gasteiger partial charge in [0.2, 0.25) is 0 Å². The number of hydrogen-bond donors (Lipinski definition) is 1. The molecule has 0 spiro atoms. The van der Waals surface area contributed by atoms with Gasteiger partial charge in [-0.3, -0.25) is 4.79 Å². The largest absolute Gasteiger partial charge is 0.449 e. The molecule has 1 aliphatic rings. The summed E-state index contributed by atoms with van der Waals surface area (Å²) >= 11 is 0. The minimum atomic E-state index is -0.829. The van der Waals surface area contributed by atoms with Crippen LogP contribution in [0.15, 0.2) is 30.6 Å². The van der Waals surface area contributed by atoms with Crippen LogP contribution < -0.4 is 5.32 Å². The molecule has 1 aliphatic carbocycles. The fourth-order valence-corrected chi connectivity index (χ4v) is 3.05. The Balaban J connectivity index is 1.53. The summed E-state index contributed by atoms with van der Waals surface area (Å²) in [5, 5.41) is 13.9. The molecule has 1 heterocycles. The van der Waals surface area contributed by atoms with Crippen LogP contribution in [0.4, 0.5) is 0 Å². The van der Waals surface area contributed by atoms with Crippen molar-refractivity contribution in [2.75, 3.05) is 0 Å². The topological polar surface area (TPSA) is 99.0 Å². The van der Waals surface area contributed by atoms with Gasteiger partial charge in [0.1, 0.15) is 6.33 Å². The normalized spacial score (nSPS) is 16.5. The molecule has 2 aromatic rings. The zero-order chi connectivity index (χ0) is 18.4. The number of aromatic nitrogens is 4. The quantitative estimate of drug-likeness (QED) is 0.649. The summed E-state index contributed by atoms with van der Waals surface area (Å²) < 4.78 is 6.79. The van der Waals surface area contributed by atoms with Crippen molar-refractivity contribution in [3.05, 3.63) is 36.2 Å². The van der Waals surface area contributed by atoms with Gasteiger partial charge in [-0.15, -0.1) is 5.10 Å². The lowest BCUT2D eigenvalue weighted by Crippen LogP contribution is -2.41. The minimum Gasteiger partial charge on any atom is -0.449 e. The molecule has 26 heavy (non-hydrogen) atoms. The third-order valence-electron chi connectivity index (χ3n) is 4.57. The molecule has 1 fully saturated rings. The summed E-state index contributed by atoms with van der Waals surface area (Å²) in [6.45, 7) is 1.60. The van der Waals surface area contributed by atoms with Gasteiger partial charge in [0, 0.05) is 6.04 Å². The Hall–Kier alpha value is -2.77. The van der Waals surface area contributed by atoms with E-state index in [4.69, 9.17) is 4.74 Å². The van der Waals surface area contributed by atoms with Gasteiger partial charge in [-0.2, -0.15) is 0 Å². The van der Waals surface area contributed by atoms with E-state index < -0.39 is 12.1 Å². The van der Waals surface area contributed by atoms with Crippen molar-refractivity contribution in [3.8, 4) is 5.69 Å². The molecule has 1 saturated carbocycles. The first-order chi connectivity index (χ1) is 12.6. The van der Waals surface area contributed by atoms with Crippen LogP contribution in [0, 0.1) is 0 Å². The number of benzene rings is 1. The first-order valence-electron chi connectivity index (χ1n) is 8.98. The van der Waals surface area contributed by atoms with Crippen molar-refractivity contribution in [2.45, 2.75) is 57.6 Å². The van der Waals surface area contributed by atoms with Gasteiger partial charge < -0.3 is 10.1 Å². The van der Waals surface area contributed by atoms with E-state index in [1.54, 1.807) is 31.2 Å². The van der Waals surface area contributed by atoms with Crippen molar-refractivity contribution in [2.24, 2.45) is 0 Å². The van der Waals surface area contributed by atoms with E-state index in [1.165, 1.54) is 23.9 Å². The summed E-state index contributed by atoms with van der Waals surface area (Å²) in [4.78, 5) is 24.5. The van der Waals surface area contributed by atoms with Gasteiger partial charge in [-0.25, -0.2) is 9.48 Å². The molecule has 138 valence electrons. The first-order valence-corrected chi connectivity index (χ1v) is 8.98. The van der Waals surface area contributed by atoms with Gasteiger partial charge in [0.25, 0.3) is 5.91 Å². The second-order valence-electron chi connectivity index (χ2n) is 6.55. The number of nitrogens with one attached hydrogen (secondary N) is 1. The highest BCUT2D eigenvalue weighted by molar-refractivity contribution is 5.92. The molecule has 1 amide bonds. The number of carbonyl (C=O) groups excluding carboxylic acids is 2. The molecular formula is C18H23N5O3. The van der Waals surface area contributed by atoms with Gasteiger partial charge in [0.15, 0.2) is 6.10 Å². The average molecular weight is 357 g/mol. The number of carbonyl (C=O) groups is 2. The molecule has 1 aromatic carbocycles. The van der Waals surface area contributed by atoms with Crippen LogP contribution in [-0.2, 0) is 9.53 Å². The highest BCUT2D eigenvalue weighted by Gasteiger charge is 2.22. The highest BCUT2D eigenvalue weighted by atomic mass is 16.5. The van der Waals surface area contributed by atoms with Crippen molar-refractivity contribution in [3.63, 3.8) is 0 Å². The number of rotatable bonds is 5. The minimum absolute atomic E-state index is 0.182. The maximum absolute atomic E-state index is 12.3. The van der Waals surface area contributed by atoms with E-state index >= 15 is 0 Å². The maximum Gasteiger partial charge on any atom is 0.338 e. The Morgan fingerprint density at radius 3 is 2.46 bits per heavy atom. The highest BCUT2D eigenvalue weighted by Crippen LogP contribution is 2.17. The van der Waals surface area contributed by atoms with Crippen LogP contribution in [0.3, 0.4) is 0 Å². The molecule has 1 atom stereocenters. The lowest BCUT2D eigenvalue weighted by atomic mass is 10.1. The van der Waals surface area contributed by atoms with E-state index in [2.05, 4.69) is 20.8 Å². The van der Waals surface area contributed by atoms with Gasteiger partial charge in [-0.1, -0.05) is 25.7 Å². The number of amides is 1. The SMILES string of the molecule is C[C@H](OC(=O)c1ccc(-n2cnnn2)cc1)C(=O)NC1CCCCCC1. The van der Waals surface area contributed by atoms with Gasteiger partial charge in [-0.05, 0) is 54.5 Å². The third kappa shape index (κ3) is 4.65. The van der Waals surface area contributed by atoms with Crippen molar-refractivity contribution >= 4 is 11.9 Å². The molecule has 8 nitrogen and oxygen atoms in total. The number of tetrazole rings is 1. The Bertz CT molecular complexity index is 722. The summed E-state index contributed by atoms with van der Waals surface area (Å²) in [6.07, 6.45) is 7.32. The molecule has 1 N–H and O–H groups in total. The Kier molecular flexibility index (Phi) is 5.93. The second-order valence-corrected chi connectivity index (χ2v) is 6.55. The molecule has 0 bridgehead atoms. The Morgan fingerprint density at radius 1 is 1.15 bits per heavy atom. The van der Waals surface area contributed by atoms with Gasteiger partial charge >= 0.3 is 5.97 Å². The molecule has 0 aliphatic heterocycles. The molecule has 3 rings (SSSR count). The molecule has 1 aromatic heterocycles. The third-order valence-corrected chi connectivity index (χ3v) is 4.57. The lowest BCUT2D eigenvalue weighted by molar-refractivity contribution is -0.129. The number of ether oxygens (including phenoxy) is 1. The van der Waals surface area contributed by atoms with Crippen LogP contribution >= 0.6 is 0 Å². The summed E-state index contributed by atoms with van der Waals surface area (Å²) in [5.41, 5.74) is 1.10. The fraction of sp³-hybridized carbons (Fsp3) is 0.500. The van der Waals surface area contributed by atoms with Crippen molar-refractivity contribution < 1.29 is 14.3 Å². The van der Waals surface area contributed by atoms with E-state index in [0.717, 1.165) is 31.4 Å². The van der Waals surface area contributed by atoms with Crippen molar-refractivity contribution in [1.29, 1.82) is 0 Å². The standard InChI is InChI=1S/C18H23N5O3/c1-13(17(24)20-15-6-4-2-3-5-7-15)26-18(25)14-8-10-16(11-9-14)23-12-19-21-22-23/h8-13,15H,2-7H2,1H3,(H,20,24)/t13-/m0/s1. The van der Waals surface area contributed by atoms with E-state index in [-0.39, 0.29) is 11.9 Å². The van der Waals surface area contributed by atoms with E-state index in [0.29, 0.717) is 5.56 Å². The Labute approximate surface area is 151 Å². The Morgan fingerprint density at radius 2 is 1.85 bits per heavy atom. The van der Waals surface area contributed by atoms with Crippen LogP contribution in [0.2, 0.25) is 0 Å². The van der Waals surface area contributed by atoms with Crippen LogP contribution in [0.25, 0.3) is 5.69 Å². The van der Waals surface area contributed by atoms with E-state index in [9.17, 15) is 9.59 Å². The predicted octanol–water partition coefficient (Wildman–Crippen LogP) is 2.05. The summed E-state index contributed by atoms with van der Waals surface area (Å²) in [5.74, 6) is -0.771. The zero-order valence-corrected chi connectivity index (χ0v) is 14.8. The second kappa shape index (κ2) is 8.55. The summed E-state index contributed by atoms with van der Waals surface area (Å²) in [6, 6.07) is 6.85. The summed E-state index contributed by atoms with van der Waals surface area (Å²) in [7, 11) is 0.